The molecule has 0 aliphatic carbocycles. The number of halogens is 2. The molecule has 0 bridgehead atoms. The fourth-order valence-electron chi connectivity index (χ4n) is 4.08. The maximum Gasteiger partial charge on any atom is 0.251 e. The summed E-state index contributed by atoms with van der Waals surface area (Å²) in [4.78, 5) is 21.3. The van der Waals surface area contributed by atoms with Crippen LogP contribution in [-0.2, 0) is 4.74 Å². The van der Waals surface area contributed by atoms with E-state index in [1.165, 1.54) is 11.0 Å². The van der Waals surface area contributed by atoms with Gasteiger partial charge in [-0.2, -0.15) is 4.68 Å². The van der Waals surface area contributed by atoms with Crippen molar-refractivity contribution in [2.45, 2.75) is 12.5 Å². The SMILES string of the molecule is COCCC(c1nc(-c2ccccc2)c(Cl)[nH]1)n1ccc(-c2cc(Cl)ccc2-n2cnnn2)cc1=O. The van der Waals surface area contributed by atoms with Gasteiger partial charge in [-0.15, -0.1) is 5.10 Å². The van der Waals surface area contributed by atoms with E-state index < -0.39 is 6.04 Å². The molecule has 1 N–H and O–H groups in total. The molecule has 0 aliphatic heterocycles. The lowest BCUT2D eigenvalue weighted by molar-refractivity contribution is 0.182. The van der Waals surface area contributed by atoms with E-state index in [2.05, 4.69) is 20.5 Å². The topological polar surface area (TPSA) is 104 Å². The Bertz CT molecular complexity index is 1530. The number of methoxy groups -OCH3 is 1. The van der Waals surface area contributed by atoms with Crippen molar-refractivity contribution in [3.8, 4) is 28.1 Å². The summed E-state index contributed by atoms with van der Waals surface area (Å²) < 4.78 is 8.46. The molecule has 182 valence electrons. The van der Waals surface area contributed by atoms with Gasteiger partial charge < -0.3 is 14.3 Å². The number of tetrazole rings is 1. The van der Waals surface area contributed by atoms with Crippen molar-refractivity contribution in [2.24, 2.45) is 0 Å². The fourth-order valence-corrected chi connectivity index (χ4v) is 4.50. The Morgan fingerprint density at radius 2 is 1.89 bits per heavy atom. The van der Waals surface area contributed by atoms with Crippen molar-refractivity contribution in [3.63, 3.8) is 0 Å². The molecule has 5 aromatic rings. The predicted molar refractivity (Wildman–Crippen MR) is 138 cm³/mol. The van der Waals surface area contributed by atoms with Crippen molar-refractivity contribution < 1.29 is 4.74 Å². The third-order valence-corrected chi connectivity index (χ3v) is 6.29. The van der Waals surface area contributed by atoms with Gasteiger partial charge in [-0.1, -0.05) is 53.5 Å². The number of imidazole rings is 1. The summed E-state index contributed by atoms with van der Waals surface area (Å²) in [6, 6.07) is 18.0. The number of aromatic amines is 1. The molecule has 0 saturated carbocycles. The quantitative estimate of drug-likeness (QED) is 0.314. The van der Waals surface area contributed by atoms with Crippen LogP contribution in [0.25, 0.3) is 28.1 Å². The molecule has 0 saturated heterocycles. The first-order valence-electron chi connectivity index (χ1n) is 11.1. The minimum atomic E-state index is -0.417. The smallest absolute Gasteiger partial charge is 0.251 e. The Kier molecular flexibility index (Phi) is 6.95. The van der Waals surface area contributed by atoms with Crippen LogP contribution in [0.15, 0.2) is 78.0 Å². The van der Waals surface area contributed by atoms with Gasteiger partial charge in [-0.25, -0.2) is 4.98 Å². The predicted octanol–water partition coefficient (Wildman–Crippen LogP) is 4.81. The number of benzene rings is 2. The van der Waals surface area contributed by atoms with Crippen molar-refractivity contribution in [2.75, 3.05) is 13.7 Å². The van der Waals surface area contributed by atoms with Crippen LogP contribution < -0.4 is 5.56 Å². The normalized spacial score (nSPS) is 12.1. The number of ether oxygens (including phenoxy) is 1. The summed E-state index contributed by atoms with van der Waals surface area (Å²) in [5.74, 6) is 0.572. The van der Waals surface area contributed by atoms with Crippen LogP contribution in [0.3, 0.4) is 0 Å². The molecule has 0 amide bonds. The monoisotopic (exact) mass is 521 g/mol. The molecular formula is C25H21Cl2N7O2. The highest BCUT2D eigenvalue weighted by Crippen LogP contribution is 2.31. The van der Waals surface area contributed by atoms with Gasteiger partial charge in [-0.05, 0) is 46.7 Å². The van der Waals surface area contributed by atoms with Crippen molar-refractivity contribution in [1.29, 1.82) is 0 Å². The van der Waals surface area contributed by atoms with Crippen LogP contribution in [-0.4, -0.2) is 48.5 Å². The highest BCUT2D eigenvalue weighted by Gasteiger charge is 2.22. The summed E-state index contributed by atoms with van der Waals surface area (Å²) in [5, 5.41) is 12.3. The van der Waals surface area contributed by atoms with Gasteiger partial charge in [0.15, 0.2) is 0 Å². The maximum absolute atomic E-state index is 13.4. The number of H-pyrrole nitrogens is 1. The average Bonchev–Trinajstić information content (AvgIpc) is 3.56. The molecule has 0 radical (unpaired) electrons. The molecule has 3 heterocycles. The highest BCUT2D eigenvalue weighted by molar-refractivity contribution is 6.32. The average molecular weight is 522 g/mol. The highest BCUT2D eigenvalue weighted by atomic mass is 35.5. The van der Waals surface area contributed by atoms with E-state index in [-0.39, 0.29) is 5.56 Å². The molecule has 0 aliphatic rings. The van der Waals surface area contributed by atoms with E-state index in [1.54, 1.807) is 42.1 Å². The van der Waals surface area contributed by atoms with Crippen molar-refractivity contribution in [3.05, 3.63) is 99.5 Å². The third-order valence-electron chi connectivity index (χ3n) is 5.79. The van der Waals surface area contributed by atoms with Crippen molar-refractivity contribution >= 4 is 23.2 Å². The van der Waals surface area contributed by atoms with E-state index in [0.717, 1.165) is 11.1 Å². The summed E-state index contributed by atoms with van der Waals surface area (Å²) in [6.07, 6.45) is 3.74. The molecule has 3 aromatic heterocycles. The first-order chi connectivity index (χ1) is 17.5. The van der Waals surface area contributed by atoms with Gasteiger partial charge in [0.25, 0.3) is 5.56 Å². The van der Waals surface area contributed by atoms with Crippen LogP contribution in [0.2, 0.25) is 10.2 Å². The number of rotatable bonds is 8. The van der Waals surface area contributed by atoms with Gasteiger partial charge >= 0.3 is 0 Å². The lowest BCUT2D eigenvalue weighted by atomic mass is 10.0. The van der Waals surface area contributed by atoms with E-state index in [9.17, 15) is 4.79 Å². The second-order valence-corrected chi connectivity index (χ2v) is 8.84. The molecule has 36 heavy (non-hydrogen) atoms. The van der Waals surface area contributed by atoms with Gasteiger partial charge in [0, 0.05) is 42.1 Å². The zero-order valence-corrected chi connectivity index (χ0v) is 20.7. The van der Waals surface area contributed by atoms with Crippen LogP contribution in [0, 0.1) is 0 Å². The number of hydrogen-bond donors (Lipinski definition) is 1. The van der Waals surface area contributed by atoms with Crippen LogP contribution in [0.4, 0.5) is 0 Å². The molecule has 1 unspecified atom stereocenters. The number of pyridine rings is 1. The van der Waals surface area contributed by atoms with Crippen LogP contribution >= 0.6 is 23.2 Å². The molecule has 9 nitrogen and oxygen atoms in total. The van der Waals surface area contributed by atoms with Crippen molar-refractivity contribution in [1.82, 2.24) is 34.7 Å². The van der Waals surface area contributed by atoms with Gasteiger partial charge in [0.05, 0.1) is 11.7 Å². The summed E-state index contributed by atoms with van der Waals surface area (Å²) >= 11 is 12.8. The second-order valence-electron chi connectivity index (χ2n) is 8.02. The first kappa shape index (κ1) is 23.9. The minimum Gasteiger partial charge on any atom is -0.385 e. The minimum absolute atomic E-state index is 0.218. The molecule has 0 fully saturated rings. The maximum atomic E-state index is 13.4. The second kappa shape index (κ2) is 10.4. The van der Waals surface area contributed by atoms with Gasteiger partial charge in [0.2, 0.25) is 0 Å². The van der Waals surface area contributed by atoms with E-state index in [4.69, 9.17) is 32.9 Å². The molecule has 5 rings (SSSR count). The Morgan fingerprint density at radius 1 is 1.06 bits per heavy atom. The first-order valence-corrected chi connectivity index (χ1v) is 11.9. The number of aromatic nitrogens is 7. The Labute approximate surface area is 216 Å². The zero-order valence-electron chi connectivity index (χ0n) is 19.2. The Balaban J connectivity index is 1.56. The third kappa shape index (κ3) is 4.81. The summed E-state index contributed by atoms with van der Waals surface area (Å²) in [7, 11) is 1.62. The Morgan fingerprint density at radius 3 is 2.61 bits per heavy atom. The molecule has 0 spiro atoms. The van der Waals surface area contributed by atoms with E-state index in [1.807, 2.05) is 36.4 Å². The van der Waals surface area contributed by atoms with E-state index >= 15 is 0 Å². The molecule has 11 heteroatoms. The van der Waals surface area contributed by atoms with E-state index in [0.29, 0.717) is 46.0 Å². The number of nitrogens with zero attached hydrogens (tertiary/aromatic N) is 6. The zero-order chi connectivity index (χ0) is 25.1. The lowest BCUT2D eigenvalue weighted by Crippen LogP contribution is -2.26. The van der Waals surface area contributed by atoms with Gasteiger partial charge in [0.1, 0.15) is 23.0 Å². The standard InChI is InChI=1S/C25H21Cl2N7O2/c1-36-12-10-21(25-29-23(24(27)30-25)16-5-3-2-4-6-16)33-11-9-17(13-22(33)35)19-14-18(26)7-8-20(19)34-15-28-31-32-34/h2-9,11,13-15,21H,10,12H2,1H3,(H,29,30). The fraction of sp³-hybridized carbons (Fsp3) is 0.160. The lowest BCUT2D eigenvalue weighted by Gasteiger charge is -2.18. The Hall–Kier alpha value is -3.79. The number of nitrogens with one attached hydrogen (secondary N) is 1. The number of hydrogen-bond acceptors (Lipinski definition) is 6. The molecular weight excluding hydrogens is 501 g/mol. The molecule has 2 aromatic carbocycles. The molecule has 1 atom stereocenters. The van der Waals surface area contributed by atoms with Crippen LogP contribution in [0.1, 0.15) is 18.3 Å². The van der Waals surface area contributed by atoms with Crippen LogP contribution in [0.5, 0.6) is 0 Å². The summed E-state index contributed by atoms with van der Waals surface area (Å²) in [5.41, 5.74) is 3.39. The summed E-state index contributed by atoms with van der Waals surface area (Å²) in [6.45, 7) is 0.426. The largest absolute Gasteiger partial charge is 0.385 e. The van der Waals surface area contributed by atoms with Gasteiger partial charge in [-0.3, -0.25) is 4.79 Å².